The molecule has 0 bridgehead atoms. The summed E-state index contributed by atoms with van der Waals surface area (Å²) < 4.78 is 10.3. The first-order valence-electron chi connectivity index (χ1n) is 6.35. The van der Waals surface area contributed by atoms with E-state index in [1.807, 2.05) is 5.38 Å². The van der Waals surface area contributed by atoms with Gasteiger partial charge in [-0.25, -0.2) is 0 Å². The van der Waals surface area contributed by atoms with Gasteiger partial charge in [0.25, 0.3) is 5.91 Å². The lowest BCUT2D eigenvalue weighted by Crippen LogP contribution is -2.26. The normalized spacial score (nSPS) is 9.95. The van der Waals surface area contributed by atoms with Gasteiger partial charge in [-0.3, -0.25) is 9.59 Å². The number of hydrogen-bond acceptors (Lipinski definition) is 5. The standard InChI is InChI=1S/C15H15NO4S/c1-19-12-4-2-3-5-13(12)20-14(17)6-8-16-15(18)11-7-9-21-10-11/h2-5,7,9-10H,6,8H2,1H3,(H,16,18). The Morgan fingerprint density at radius 2 is 1.95 bits per heavy atom. The number of amides is 1. The summed E-state index contributed by atoms with van der Waals surface area (Å²) in [6.45, 7) is 0.225. The summed E-state index contributed by atoms with van der Waals surface area (Å²) in [6.07, 6.45) is 0.0912. The Morgan fingerprint density at radius 3 is 2.62 bits per heavy atom. The highest BCUT2D eigenvalue weighted by Gasteiger charge is 2.10. The zero-order chi connectivity index (χ0) is 15.1. The van der Waals surface area contributed by atoms with Gasteiger partial charge in [-0.1, -0.05) is 12.1 Å². The molecule has 0 aliphatic rings. The van der Waals surface area contributed by atoms with Crippen LogP contribution in [0, 0.1) is 0 Å². The summed E-state index contributed by atoms with van der Waals surface area (Å²) >= 11 is 1.45. The van der Waals surface area contributed by atoms with E-state index >= 15 is 0 Å². The van der Waals surface area contributed by atoms with Crippen molar-refractivity contribution in [3.05, 3.63) is 46.7 Å². The Morgan fingerprint density at radius 1 is 1.19 bits per heavy atom. The van der Waals surface area contributed by atoms with Crippen molar-refractivity contribution in [2.45, 2.75) is 6.42 Å². The molecule has 1 N–H and O–H groups in total. The van der Waals surface area contributed by atoms with Gasteiger partial charge in [-0.2, -0.15) is 11.3 Å². The molecule has 0 saturated carbocycles. The number of para-hydroxylation sites is 2. The highest BCUT2D eigenvalue weighted by Crippen LogP contribution is 2.25. The van der Waals surface area contributed by atoms with Crippen LogP contribution in [0.5, 0.6) is 11.5 Å². The van der Waals surface area contributed by atoms with Gasteiger partial charge in [0.1, 0.15) is 0 Å². The fourth-order valence-electron chi connectivity index (χ4n) is 1.65. The second-order valence-corrected chi connectivity index (χ2v) is 4.92. The van der Waals surface area contributed by atoms with Crippen molar-refractivity contribution in [1.29, 1.82) is 0 Å². The van der Waals surface area contributed by atoms with Crippen LogP contribution in [0.2, 0.25) is 0 Å². The molecule has 21 heavy (non-hydrogen) atoms. The SMILES string of the molecule is COc1ccccc1OC(=O)CCNC(=O)c1ccsc1. The maximum Gasteiger partial charge on any atom is 0.313 e. The molecule has 0 spiro atoms. The number of nitrogens with one attached hydrogen (secondary N) is 1. The molecule has 0 aliphatic carbocycles. The molecule has 2 aromatic rings. The number of ether oxygens (including phenoxy) is 2. The number of esters is 1. The summed E-state index contributed by atoms with van der Waals surface area (Å²) in [4.78, 5) is 23.4. The maximum atomic E-state index is 11.7. The Bertz CT molecular complexity index is 610. The van der Waals surface area contributed by atoms with Crippen molar-refractivity contribution >= 4 is 23.2 Å². The zero-order valence-corrected chi connectivity index (χ0v) is 12.3. The van der Waals surface area contributed by atoms with E-state index in [2.05, 4.69) is 5.32 Å². The molecular formula is C15H15NO4S. The lowest BCUT2D eigenvalue weighted by molar-refractivity contribution is -0.134. The summed E-state index contributed by atoms with van der Waals surface area (Å²) in [5, 5.41) is 6.24. The third kappa shape index (κ3) is 4.32. The van der Waals surface area contributed by atoms with Gasteiger partial charge < -0.3 is 14.8 Å². The minimum atomic E-state index is -0.426. The third-order valence-electron chi connectivity index (χ3n) is 2.69. The molecule has 2 rings (SSSR count). The first kappa shape index (κ1) is 15.1. The number of rotatable bonds is 6. The van der Waals surface area contributed by atoms with Gasteiger partial charge >= 0.3 is 5.97 Å². The van der Waals surface area contributed by atoms with Gasteiger partial charge in [0.2, 0.25) is 0 Å². The van der Waals surface area contributed by atoms with E-state index in [4.69, 9.17) is 9.47 Å². The van der Waals surface area contributed by atoms with Crippen LogP contribution in [0.4, 0.5) is 0 Å². The molecule has 0 aliphatic heterocycles. The van der Waals surface area contributed by atoms with E-state index in [1.165, 1.54) is 18.4 Å². The molecular weight excluding hydrogens is 290 g/mol. The van der Waals surface area contributed by atoms with Crippen LogP contribution in [0.3, 0.4) is 0 Å². The molecule has 110 valence electrons. The number of carbonyl (C=O) groups is 2. The van der Waals surface area contributed by atoms with Crippen LogP contribution in [0.25, 0.3) is 0 Å². The molecule has 0 fully saturated rings. The number of benzene rings is 1. The Hall–Kier alpha value is -2.34. The molecule has 5 nitrogen and oxygen atoms in total. The summed E-state index contributed by atoms with van der Waals surface area (Å²) in [5.41, 5.74) is 0.595. The summed E-state index contributed by atoms with van der Waals surface area (Å²) in [5.74, 6) is 0.244. The van der Waals surface area contributed by atoms with Crippen molar-refractivity contribution < 1.29 is 19.1 Å². The lowest BCUT2D eigenvalue weighted by atomic mass is 10.3. The minimum absolute atomic E-state index is 0.0912. The van der Waals surface area contributed by atoms with Crippen LogP contribution in [0.1, 0.15) is 16.8 Å². The van der Waals surface area contributed by atoms with Gasteiger partial charge in [0, 0.05) is 17.5 Å². The molecule has 0 unspecified atom stereocenters. The Labute approximate surface area is 126 Å². The van der Waals surface area contributed by atoms with Crippen molar-refractivity contribution in [3.63, 3.8) is 0 Å². The topological polar surface area (TPSA) is 64.6 Å². The van der Waals surface area contributed by atoms with Gasteiger partial charge in [0.15, 0.2) is 11.5 Å². The van der Waals surface area contributed by atoms with Crippen LogP contribution >= 0.6 is 11.3 Å². The van der Waals surface area contributed by atoms with E-state index in [0.717, 1.165) is 0 Å². The molecule has 1 amide bonds. The van der Waals surface area contributed by atoms with E-state index in [9.17, 15) is 9.59 Å². The lowest BCUT2D eigenvalue weighted by Gasteiger charge is -2.09. The zero-order valence-electron chi connectivity index (χ0n) is 11.5. The van der Waals surface area contributed by atoms with Crippen LogP contribution in [0.15, 0.2) is 41.1 Å². The number of carbonyl (C=O) groups excluding carboxylic acids is 2. The molecule has 0 atom stereocenters. The maximum absolute atomic E-state index is 11.7. The third-order valence-corrected chi connectivity index (χ3v) is 3.37. The minimum Gasteiger partial charge on any atom is -0.493 e. The summed E-state index contributed by atoms with van der Waals surface area (Å²) in [6, 6.07) is 8.63. The highest BCUT2D eigenvalue weighted by atomic mass is 32.1. The van der Waals surface area contributed by atoms with Gasteiger partial charge in [0.05, 0.1) is 13.5 Å². The second-order valence-electron chi connectivity index (χ2n) is 4.14. The van der Waals surface area contributed by atoms with E-state index in [0.29, 0.717) is 17.1 Å². The number of thiophene rings is 1. The predicted octanol–water partition coefficient (Wildman–Crippen LogP) is 2.48. The van der Waals surface area contributed by atoms with Crippen molar-refractivity contribution in [2.24, 2.45) is 0 Å². The average molecular weight is 305 g/mol. The van der Waals surface area contributed by atoms with Crippen LogP contribution in [-0.4, -0.2) is 25.5 Å². The van der Waals surface area contributed by atoms with Gasteiger partial charge in [-0.15, -0.1) is 0 Å². The molecule has 1 heterocycles. The fraction of sp³-hybridized carbons (Fsp3) is 0.200. The van der Waals surface area contributed by atoms with Crippen molar-refractivity contribution in [3.8, 4) is 11.5 Å². The van der Waals surface area contributed by atoms with Crippen molar-refractivity contribution in [2.75, 3.05) is 13.7 Å². The number of hydrogen-bond donors (Lipinski definition) is 1. The fourth-order valence-corrected chi connectivity index (χ4v) is 2.29. The quantitative estimate of drug-likeness (QED) is 0.658. The molecule has 0 saturated heterocycles. The first-order chi connectivity index (χ1) is 10.2. The first-order valence-corrected chi connectivity index (χ1v) is 7.29. The van der Waals surface area contributed by atoms with Crippen molar-refractivity contribution in [1.82, 2.24) is 5.32 Å². The molecule has 0 radical (unpaired) electrons. The van der Waals surface area contributed by atoms with Gasteiger partial charge in [-0.05, 0) is 23.6 Å². The summed E-state index contributed by atoms with van der Waals surface area (Å²) in [7, 11) is 1.51. The Kier molecular flexibility index (Phi) is 5.34. The Balaban J connectivity index is 1.79. The molecule has 1 aromatic heterocycles. The van der Waals surface area contributed by atoms with Crippen LogP contribution < -0.4 is 14.8 Å². The largest absolute Gasteiger partial charge is 0.493 e. The molecule has 1 aromatic carbocycles. The smallest absolute Gasteiger partial charge is 0.313 e. The monoisotopic (exact) mass is 305 g/mol. The second kappa shape index (κ2) is 7.44. The van der Waals surface area contributed by atoms with E-state index in [-0.39, 0.29) is 18.9 Å². The predicted molar refractivity (Wildman–Crippen MR) is 79.9 cm³/mol. The van der Waals surface area contributed by atoms with E-state index < -0.39 is 5.97 Å². The van der Waals surface area contributed by atoms with Crippen LogP contribution in [-0.2, 0) is 4.79 Å². The average Bonchev–Trinajstić information content (AvgIpc) is 3.02. The number of methoxy groups -OCH3 is 1. The molecule has 6 heteroatoms. The van der Waals surface area contributed by atoms with E-state index in [1.54, 1.807) is 35.7 Å². The highest BCUT2D eigenvalue weighted by molar-refractivity contribution is 7.08.